The van der Waals surface area contributed by atoms with E-state index in [2.05, 4.69) is 15.7 Å². The Bertz CT molecular complexity index is 784. The van der Waals surface area contributed by atoms with Crippen LogP contribution in [0.15, 0.2) is 30.3 Å². The van der Waals surface area contributed by atoms with Crippen LogP contribution < -0.4 is 15.4 Å². The molecule has 25 heavy (non-hydrogen) atoms. The van der Waals surface area contributed by atoms with Crippen LogP contribution in [0.25, 0.3) is 0 Å². The molecule has 132 valence electrons. The van der Waals surface area contributed by atoms with E-state index in [4.69, 9.17) is 4.74 Å². The van der Waals surface area contributed by atoms with Crippen LogP contribution in [0.1, 0.15) is 24.2 Å². The SMILES string of the molecule is Cc1cc(C)n(CCCNC(=O)C[C@@H]2Oc3ccccc3NC2=O)n1. The van der Waals surface area contributed by atoms with Crippen molar-refractivity contribution in [3.8, 4) is 5.75 Å². The molecule has 0 bridgehead atoms. The van der Waals surface area contributed by atoms with E-state index in [0.29, 0.717) is 18.0 Å². The highest BCUT2D eigenvalue weighted by atomic mass is 16.5. The van der Waals surface area contributed by atoms with Crippen LogP contribution in [-0.2, 0) is 16.1 Å². The second-order valence-electron chi connectivity index (χ2n) is 6.15. The van der Waals surface area contributed by atoms with Gasteiger partial charge in [-0.2, -0.15) is 5.10 Å². The molecule has 3 rings (SSSR count). The number of anilines is 1. The number of ether oxygens (including phenoxy) is 1. The monoisotopic (exact) mass is 342 g/mol. The van der Waals surface area contributed by atoms with E-state index in [1.165, 1.54) is 0 Å². The van der Waals surface area contributed by atoms with E-state index in [1.807, 2.05) is 36.7 Å². The third-order valence-electron chi connectivity index (χ3n) is 4.05. The van der Waals surface area contributed by atoms with Gasteiger partial charge in [-0.25, -0.2) is 0 Å². The minimum absolute atomic E-state index is 0.0000728. The lowest BCUT2D eigenvalue weighted by Gasteiger charge is -2.25. The number of aryl methyl sites for hydroxylation is 3. The van der Waals surface area contributed by atoms with Crippen molar-refractivity contribution >= 4 is 17.5 Å². The zero-order valence-electron chi connectivity index (χ0n) is 14.4. The average Bonchev–Trinajstić information content (AvgIpc) is 2.90. The number of amides is 2. The van der Waals surface area contributed by atoms with Gasteiger partial charge >= 0.3 is 0 Å². The lowest BCUT2D eigenvalue weighted by atomic mass is 10.1. The van der Waals surface area contributed by atoms with Crippen LogP contribution >= 0.6 is 0 Å². The Morgan fingerprint density at radius 3 is 2.92 bits per heavy atom. The van der Waals surface area contributed by atoms with Gasteiger partial charge in [-0.05, 0) is 38.5 Å². The first-order valence-electron chi connectivity index (χ1n) is 8.37. The Labute approximate surface area is 146 Å². The van der Waals surface area contributed by atoms with Crippen molar-refractivity contribution in [1.29, 1.82) is 0 Å². The number of para-hydroxylation sites is 2. The molecule has 1 aliphatic heterocycles. The smallest absolute Gasteiger partial charge is 0.266 e. The fourth-order valence-corrected chi connectivity index (χ4v) is 2.83. The first-order chi connectivity index (χ1) is 12.0. The van der Waals surface area contributed by atoms with Crippen LogP contribution in [0.2, 0.25) is 0 Å². The highest BCUT2D eigenvalue weighted by molar-refractivity contribution is 5.99. The van der Waals surface area contributed by atoms with Gasteiger partial charge in [0, 0.05) is 18.8 Å². The zero-order valence-corrected chi connectivity index (χ0v) is 14.4. The first-order valence-corrected chi connectivity index (χ1v) is 8.37. The Kier molecular flexibility index (Phi) is 5.02. The summed E-state index contributed by atoms with van der Waals surface area (Å²) in [4.78, 5) is 24.1. The van der Waals surface area contributed by atoms with Gasteiger partial charge in [-0.1, -0.05) is 12.1 Å². The first kappa shape index (κ1) is 17.0. The predicted molar refractivity (Wildman–Crippen MR) is 93.4 cm³/mol. The van der Waals surface area contributed by atoms with E-state index in [-0.39, 0.29) is 18.2 Å². The summed E-state index contributed by atoms with van der Waals surface area (Å²) < 4.78 is 7.55. The summed E-state index contributed by atoms with van der Waals surface area (Å²) >= 11 is 0. The van der Waals surface area contributed by atoms with Crippen molar-refractivity contribution in [3.05, 3.63) is 41.7 Å². The zero-order chi connectivity index (χ0) is 17.8. The Hall–Kier alpha value is -2.83. The Balaban J connectivity index is 1.43. The van der Waals surface area contributed by atoms with Gasteiger partial charge in [0.25, 0.3) is 5.91 Å². The fourth-order valence-electron chi connectivity index (χ4n) is 2.83. The molecule has 0 saturated heterocycles. The molecule has 0 aliphatic carbocycles. The van der Waals surface area contributed by atoms with Crippen molar-refractivity contribution in [1.82, 2.24) is 15.1 Å². The Morgan fingerprint density at radius 1 is 1.36 bits per heavy atom. The van der Waals surface area contributed by atoms with E-state index in [0.717, 1.165) is 24.4 Å². The number of carbonyl (C=O) groups is 2. The summed E-state index contributed by atoms with van der Waals surface area (Å²) in [5, 5.41) is 9.97. The fraction of sp³-hybridized carbons (Fsp3) is 0.389. The molecule has 2 N–H and O–H groups in total. The van der Waals surface area contributed by atoms with Gasteiger partial charge in [0.05, 0.1) is 17.8 Å². The molecule has 7 nitrogen and oxygen atoms in total. The van der Waals surface area contributed by atoms with E-state index < -0.39 is 6.10 Å². The molecule has 1 atom stereocenters. The number of rotatable bonds is 6. The molecule has 0 spiro atoms. The van der Waals surface area contributed by atoms with Crippen LogP contribution in [0.4, 0.5) is 5.69 Å². The number of nitrogens with one attached hydrogen (secondary N) is 2. The van der Waals surface area contributed by atoms with Gasteiger partial charge in [0.1, 0.15) is 5.75 Å². The van der Waals surface area contributed by atoms with Gasteiger partial charge in [0.2, 0.25) is 5.91 Å². The molecule has 0 unspecified atom stereocenters. The molecule has 2 amide bonds. The highest BCUT2D eigenvalue weighted by Gasteiger charge is 2.29. The second kappa shape index (κ2) is 7.38. The number of nitrogens with zero attached hydrogens (tertiary/aromatic N) is 2. The second-order valence-corrected chi connectivity index (χ2v) is 6.15. The standard InChI is InChI=1S/C18H22N4O3/c1-12-10-13(2)22(21-12)9-5-8-19-17(23)11-16-18(24)20-14-6-3-4-7-15(14)25-16/h3-4,6-7,10,16H,5,8-9,11H2,1-2H3,(H,19,23)(H,20,24)/t16-/m0/s1. The summed E-state index contributed by atoms with van der Waals surface area (Å²) in [7, 11) is 0. The van der Waals surface area contributed by atoms with Crippen molar-refractivity contribution in [2.24, 2.45) is 0 Å². The van der Waals surface area contributed by atoms with Crippen LogP contribution in [0.3, 0.4) is 0 Å². The lowest BCUT2D eigenvalue weighted by Crippen LogP contribution is -2.41. The van der Waals surface area contributed by atoms with Crippen molar-refractivity contribution in [2.75, 3.05) is 11.9 Å². The molecule has 7 heteroatoms. The van der Waals surface area contributed by atoms with Crippen molar-refractivity contribution in [3.63, 3.8) is 0 Å². The molecule has 0 radical (unpaired) electrons. The maximum absolute atomic E-state index is 12.1. The maximum atomic E-state index is 12.1. The third kappa shape index (κ3) is 4.17. The number of hydrogen-bond acceptors (Lipinski definition) is 4. The molecule has 1 aromatic carbocycles. The Morgan fingerprint density at radius 2 is 2.16 bits per heavy atom. The highest BCUT2D eigenvalue weighted by Crippen LogP contribution is 2.29. The van der Waals surface area contributed by atoms with Crippen molar-refractivity contribution < 1.29 is 14.3 Å². The van der Waals surface area contributed by atoms with E-state index >= 15 is 0 Å². The largest absolute Gasteiger partial charge is 0.478 e. The molecule has 1 aliphatic rings. The van der Waals surface area contributed by atoms with Crippen LogP contribution in [0, 0.1) is 13.8 Å². The minimum atomic E-state index is -0.800. The summed E-state index contributed by atoms with van der Waals surface area (Å²) in [6, 6.07) is 9.21. The number of carbonyl (C=O) groups excluding carboxylic acids is 2. The quantitative estimate of drug-likeness (QED) is 0.784. The molecule has 2 aromatic rings. The van der Waals surface area contributed by atoms with Gasteiger partial charge in [-0.15, -0.1) is 0 Å². The van der Waals surface area contributed by atoms with Gasteiger partial charge in [-0.3, -0.25) is 14.3 Å². The van der Waals surface area contributed by atoms with Crippen LogP contribution in [-0.4, -0.2) is 34.2 Å². The molecule has 1 aromatic heterocycles. The number of fused-ring (bicyclic) bond motifs is 1. The van der Waals surface area contributed by atoms with E-state index in [9.17, 15) is 9.59 Å². The molecular weight excluding hydrogens is 320 g/mol. The summed E-state index contributed by atoms with van der Waals surface area (Å²) in [6.07, 6.45) is -0.0279. The number of hydrogen-bond donors (Lipinski definition) is 2. The molecular formula is C18H22N4O3. The minimum Gasteiger partial charge on any atom is -0.478 e. The topological polar surface area (TPSA) is 85.3 Å². The lowest BCUT2D eigenvalue weighted by molar-refractivity contribution is -0.130. The normalized spacial score (nSPS) is 15.9. The number of aromatic nitrogens is 2. The maximum Gasteiger partial charge on any atom is 0.266 e. The summed E-state index contributed by atoms with van der Waals surface area (Å²) in [5.74, 6) is 0.0915. The van der Waals surface area contributed by atoms with E-state index in [1.54, 1.807) is 12.1 Å². The summed E-state index contributed by atoms with van der Waals surface area (Å²) in [5.41, 5.74) is 2.73. The predicted octanol–water partition coefficient (Wildman–Crippen LogP) is 1.80. The third-order valence-corrected chi connectivity index (χ3v) is 4.05. The molecule has 2 heterocycles. The van der Waals surface area contributed by atoms with Crippen LogP contribution in [0.5, 0.6) is 5.75 Å². The summed E-state index contributed by atoms with van der Waals surface area (Å²) in [6.45, 7) is 5.24. The van der Waals surface area contributed by atoms with Crippen molar-refractivity contribution in [2.45, 2.75) is 39.3 Å². The molecule has 0 fully saturated rings. The molecule has 0 saturated carbocycles. The number of benzene rings is 1. The van der Waals surface area contributed by atoms with Gasteiger partial charge < -0.3 is 15.4 Å². The average molecular weight is 342 g/mol. The van der Waals surface area contributed by atoms with Gasteiger partial charge in [0.15, 0.2) is 6.10 Å².